The summed E-state index contributed by atoms with van der Waals surface area (Å²) in [7, 11) is -3.64. The minimum Gasteiger partial charge on any atom is -0.228 e. The minimum atomic E-state index is -3.64. The van der Waals surface area contributed by atoms with Crippen molar-refractivity contribution in [1.82, 2.24) is 0 Å². The van der Waals surface area contributed by atoms with Crippen LogP contribution in [-0.2, 0) is 16.4 Å². The highest BCUT2D eigenvalue weighted by Gasteiger charge is 2.41. The van der Waals surface area contributed by atoms with Gasteiger partial charge in [0, 0.05) is 5.02 Å². The number of fused-ring (bicyclic) bond motifs is 1. The average molecular weight is 272 g/mol. The number of benzene rings is 1. The van der Waals surface area contributed by atoms with E-state index in [-0.39, 0.29) is 0 Å². The second-order valence-corrected chi connectivity index (χ2v) is 6.99. The molecule has 0 bridgehead atoms. The fraction of sp³-hybridized carbons (Fsp3) is 0.333. The molecular weight excluding hydrogens is 258 g/mol. The standard InChI is InChI=1S/C12H14ClNO2S/c1-8-6-10-9(4-3-5-11(10)13)7-12(8,2)17(14,15)16/h3-6H,7H2,1-2H3,(H2,14,15,16). The summed E-state index contributed by atoms with van der Waals surface area (Å²) in [5.74, 6) is 0. The number of nitrogens with two attached hydrogens (primary N) is 1. The Morgan fingerprint density at radius 2 is 2.06 bits per heavy atom. The largest absolute Gasteiger partial charge is 0.228 e. The molecule has 2 N–H and O–H groups in total. The number of rotatable bonds is 1. The minimum absolute atomic E-state index is 0.365. The van der Waals surface area contributed by atoms with Crippen molar-refractivity contribution in [2.75, 3.05) is 0 Å². The summed E-state index contributed by atoms with van der Waals surface area (Å²) in [6, 6.07) is 5.50. The molecule has 0 fully saturated rings. The maximum Gasteiger partial charge on any atom is 0.218 e. The monoisotopic (exact) mass is 271 g/mol. The van der Waals surface area contributed by atoms with Crippen LogP contribution >= 0.6 is 11.6 Å². The molecule has 1 aromatic rings. The van der Waals surface area contributed by atoms with Crippen molar-refractivity contribution in [2.24, 2.45) is 5.14 Å². The zero-order valence-electron chi connectivity index (χ0n) is 9.70. The lowest BCUT2D eigenvalue weighted by molar-refractivity contribution is 0.553. The van der Waals surface area contributed by atoms with Crippen LogP contribution < -0.4 is 5.14 Å². The normalized spacial score (nSPS) is 24.1. The third-order valence-electron chi connectivity index (χ3n) is 3.49. The van der Waals surface area contributed by atoms with Gasteiger partial charge in [-0.2, -0.15) is 0 Å². The summed E-state index contributed by atoms with van der Waals surface area (Å²) < 4.78 is 22.4. The van der Waals surface area contributed by atoms with Crippen LogP contribution in [-0.4, -0.2) is 13.2 Å². The zero-order chi connectivity index (χ0) is 12.8. The zero-order valence-corrected chi connectivity index (χ0v) is 11.3. The molecule has 1 unspecified atom stereocenters. The summed E-state index contributed by atoms with van der Waals surface area (Å²) in [5.41, 5.74) is 2.54. The van der Waals surface area contributed by atoms with E-state index in [0.717, 1.165) is 16.7 Å². The van der Waals surface area contributed by atoms with E-state index < -0.39 is 14.8 Å². The van der Waals surface area contributed by atoms with Gasteiger partial charge in [-0.1, -0.05) is 35.4 Å². The van der Waals surface area contributed by atoms with Gasteiger partial charge in [0.2, 0.25) is 10.0 Å². The smallest absolute Gasteiger partial charge is 0.218 e. The average Bonchev–Trinajstić information content (AvgIpc) is 2.20. The van der Waals surface area contributed by atoms with Crippen molar-refractivity contribution in [1.29, 1.82) is 0 Å². The summed E-state index contributed by atoms with van der Waals surface area (Å²) in [4.78, 5) is 0. The molecule has 1 aliphatic rings. The van der Waals surface area contributed by atoms with Gasteiger partial charge in [0.1, 0.15) is 4.75 Å². The summed E-state index contributed by atoms with van der Waals surface area (Å²) >= 11 is 6.09. The van der Waals surface area contributed by atoms with Gasteiger partial charge in [0.25, 0.3) is 0 Å². The first-order valence-electron chi connectivity index (χ1n) is 5.24. The van der Waals surface area contributed by atoms with Crippen LogP contribution in [0, 0.1) is 0 Å². The first-order valence-corrected chi connectivity index (χ1v) is 7.16. The molecular formula is C12H14ClNO2S. The molecule has 0 saturated heterocycles. The Balaban J connectivity index is 2.66. The predicted molar refractivity (Wildman–Crippen MR) is 70.3 cm³/mol. The van der Waals surface area contributed by atoms with Crippen molar-refractivity contribution in [3.05, 3.63) is 39.9 Å². The molecule has 0 aromatic heterocycles. The highest BCUT2D eigenvalue weighted by Crippen LogP contribution is 2.38. The van der Waals surface area contributed by atoms with Crippen LogP contribution in [0.1, 0.15) is 25.0 Å². The first kappa shape index (κ1) is 12.6. The van der Waals surface area contributed by atoms with E-state index in [1.54, 1.807) is 19.9 Å². The third kappa shape index (κ3) is 1.90. The Morgan fingerprint density at radius 3 is 2.65 bits per heavy atom. The Hall–Kier alpha value is -0.840. The lowest BCUT2D eigenvalue weighted by Crippen LogP contribution is -2.45. The van der Waals surface area contributed by atoms with Crippen molar-refractivity contribution >= 4 is 27.7 Å². The van der Waals surface area contributed by atoms with Crippen LogP contribution in [0.5, 0.6) is 0 Å². The Kier molecular flexibility index (Phi) is 2.84. The number of hydrogen-bond acceptors (Lipinski definition) is 2. The van der Waals surface area contributed by atoms with Gasteiger partial charge in [0.05, 0.1) is 0 Å². The predicted octanol–water partition coefficient (Wildman–Crippen LogP) is 2.35. The topological polar surface area (TPSA) is 60.2 Å². The van der Waals surface area contributed by atoms with E-state index in [9.17, 15) is 8.42 Å². The highest BCUT2D eigenvalue weighted by molar-refractivity contribution is 7.90. The maximum atomic E-state index is 11.7. The van der Waals surface area contributed by atoms with Gasteiger partial charge in [-0.3, -0.25) is 0 Å². The summed E-state index contributed by atoms with van der Waals surface area (Å²) in [6.07, 6.45) is 2.18. The van der Waals surface area contributed by atoms with E-state index in [2.05, 4.69) is 0 Å². The fourth-order valence-corrected chi connectivity index (χ4v) is 3.21. The molecule has 5 heteroatoms. The maximum absolute atomic E-state index is 11.7. The molecule has 0 saturated carbocycles. The molecule has 1 aromatic carbocycles. The van der Waals surface area contributed by atoms with Crippen LogP contribution in [0.15, 0.2) is 23.8 Å². The summed E-state index contributed by atoms with van der Waals surface area (Å²) in [6.45, 7) is 3.43. The number of hydrogen-bond donors (Lipinski definition) is 1. The molecule has 0 heterocycles. The van der Waals surface area contributed by atoms with E-state index >= 15 is 0 Å². The Morgan fingerprint density at radius 1 is 1.41 bits per heavy atom. The van der Waals surface area contributed by atoms with Crippen LogP contribution in [0.3, 0.4) is 0 Å². The third-order valence-corrected chi connectivity index (χ3v) is 5.55. The molecule has 3 nitrogen and oxygen atoms in total. The van der Waals surface area contributed by atoms with Gasteiger partial charge >= 0.3 is 0 Å². The summed E-state index contributed by atoms with van der Waals surface area (Å²) in [5, 5.41) is 5.97. The highest BCUT2D eigenvalue weighted by atomic mass is 35.5. The van der Waals surface area contributed by atoms with Gasteiger partial charge in [-0.15, -0.1) is 0 Å². The van der Waals surface area contributed by atoms with E-state index in [4.69, 9.17) is 16.7 Å². The molecule has 0 radical (unpaired) electrons. The molecule has 0 aliphatic heterocycles. The first-order chi connectivity index (χ1) is 7.75. The quantitative estimate of drug-likeness (QED) is 0.852. The van der Waals surface area contributed by atoms with E-state index in [0.29, 0.717) is 11.4 Å². The van der Waals surface area contributed by atoms with Gasteiger partial charge in [0.15, 0.2) is 0 Å². The molecule has 17 heavy (non-hydrogen) atoms. The second kappa shape index (κ2) is 3.83. The van der Waals surface area contributed by atoms with Crippen LogP contribution in [0.25, 0.3) is 6.08 Å². The SMILES string of the molecule is CC1=Cc2c(Cl)cccc2CC1(C)S(N)(=O)=O. The number of sulfonamides is 1. The van der Waals surface area contributed by atoms with Crippen LogP contribution in [0.2, 0.25) is 5.02 Å². The van der Waals surface area contributed by atoms with E-state index in [1.807, 2.05) is 18.2 Å². The Bertz CT molecular complexity index is 607. The lowest BCUT2D eigenvalue weighted by Gasteiger charge is -2.32. The molecule has 2 rings (SSSR count). The lowest BCUT2D eigenvalue weighted by atomic mass is 9.84. The fourth-order valence-electron chi connectivity index (χ4n) is 2.09. The number of primary sulfonamides is 1. The molecule has 92 valence electrons. The van der Waals surface area contributed by atoms with Gasteiger partial charge in [-0.05, 0) is 37.5 Å². The number of halogens is 1. The van der Waals surface area contributed by atoms with Gasteiger partial charge < -0.3 is 0 Å². The molecule has 0 spiro atoms. The van der Waals surface area contributed by atoms with E-state index in [1.165, 1.54) is 0 Å². The molecule has 0 amide bonds. The molecule has 1 atom stereocenters. The van der Waals surface area contributed by atoms with Crippen molar-refractivity contribution in [3.8, 4) is 0 Å². The van der Waals surface area contributed by atoms with Crippen molar-refractivity contribution in [2.45, 2.75) is 25.0 Å². The Labute approximate surface area is 106 Å². The van der Waals surface area contributed by atoms with Crippen LogP contribution in [0.4, 0.5) is 0 Å². The molecule has 1 aliphatic carbocycles. The second-order valence-electron chi connectivity index (χ2n) is 4.59. The van der Waals surface area contributed by atoms with Crippen molar-refractivity contribution < 1.29 is 8.42 Å². The van der Waals surface area contributed by atoms with Gasteiger partial charge in [-0.25, -0.2) is 13.6 Å². The van der Waals surface area contributed by atoms with Crippen molar-refractivity contribution in [3.63, 3.8) is 0 Å².